The van der Waals surface area contributed by atoms with Crippen molar-refractivity contribution in [2.24, 2.45) is 5.92 Å². The summed E-state index contributed by atoms with van der Waals surface area (Å²) in [7, 11) is 0. The molecule has 0 nitrogen and oxygen atoms in total. The minimum Gasteiger partial charge on any atom is -0.0823 e. The topological polar surface area (TPSA) is 0 Å². The van der Waals surface area contributed by atoms with E-state index in [1.807, 2.05) is 0 Å². The molecule has 1 saturated carbocycles. The molecule has 1 fully saturated rings. The fraction of sp³-hybridized carbons (Fsp3) is 1.00. The Morgan fingerprint density at radius 3 is 2.40 bits per heavy atom. The van der Waals surface area contributed by atoms with E-state index < -0.39 is 0 Å². The van der Waals surface area contributed by atoms with Crippen molar-refractivity contribution in [2.75, 3.05) is 0 Å². The van der Waals surface area contributed by atoms with Crippen LogP contribution in [0, 0.1) is 5.92 Å². The van der Waals surface area contributed by atoms with Gasteiger partial charge in [-0.2, -0.15) is 0 Å². The van der Waals surface area contributed by atoms with Crippen LogP contribution in [-0.2, 0) is 0 Å². The van der Waals surface area contributed by atoms with Crippen LogP contribution in [-0.4, -0.2) is 3.92 Å². The average Bonchev–Trinajstić information content (AvgIpc) is 2.05. The van der Waals surface area contributed by atoms with Crippen molar-refractivity contribution in [1.29, 1.82) is 0 Å². The van der Waals surface area contributed by atoms with Crippen molar-refractivity contribution in [1.82, 2.24) is 0 Å². The van der Waals surface area contributed by atoms with E-state index in [2.05, 4.69) is 29.5 Å². The average molecular weight is 252 g/mol. The smallest absolute Gasteiger partial charge is 0.0135 e. The van der Waals surface area contributed by atoms with E-state index in [1.165, 1.54) is 38.5 Å². The standard InChI is InChI=1S/C9H17I/c1-2-9(10)8-6-4-3-5-7-8/h8-9H,2-7H2,1H3. The van der Waals surface area contributed by atoms with Crippen molar-refractivity contribution in [3.05, 3.63) is 0 Å². The highest BCUT2D eigenvalue weighted by atomic mass is 127. The summed E-state index contributed by atoms with van der Waals surface area (Å²) in [6, 6.07) is 0. The summed E-state index contributed by atoms with van der Waals surface area (Å²) in [6.07, 6.45) is 8.84. The third kappa shape index (κ3) is 2.40. The van der Waals surface area contributed by atoms with Gasteiger partial charge in [-0.15, -0.1) is 0 Å². The maximum Gasteiger partial charge on any atom is 0.0135 e. The van der Waals surface area contributed by atoms with Gasteiger partial charge < -0.3 is 0 Å². The first kappa shape index (κ1) is 8.82. The number of alkyl halides is 1. The van der Waals surface area contributed by atoms with Crippen LogP contribution in [0.3, 0.4) is 0 Å². The molecule has 1 aliphatic carbocycles. The molecule has 0 radical (unpaired) electrons. The predicted molar refractivity (Wildman–Crippen MR) is 54.7 cm³/mol. The summed E-state index contributed by atoms with van der Waals surface area (Å²) in [5.41, 5.74) is 0. The Balaban J connectivity index is 2.24. The molecule has 1 heteroatoms. The molecule has 0 aromatic rings. The van der Waals surface area contributed by atoms with E-state index >= 15 is 0 Å². The minimum absolute atomic E-state index is 0.956. The fourth-order valence-corrected chi connectivity index (χ4v) is 2.55. The Bertz CT molecular complexity index is 84.7. The van der Waals surface area contributed by atoms with E-state index in [0.29, 0.717) is 0 Å². The van der Waals surface area contributed by atoms with Gasteiger partial charge in [0.1, 0.15) is 0 Å². The molecule has 1 aliphatic rings. The van der Waals surface area contributed by atoms with Crippen LogP contribution in [0.5, 0.6) is 0 Å². The first-order valence-electron chi connectivity index (χ1n) is 4.48. The van der Waals surface area contributed by atoms with E-state index in [-0.39, 0.29) is 0 Å². The van der Waals surface area contributed by atoms with Crippen molar-refractivity contribution in [2.45, 2.75) is 49.4 Å². The van der Waals surface area contributed by atoms with Gasteiger partial charge >= 0.3 is 0 Å². The third-order valence-electron chi connectivity index (χ3n) is 2.55. The summed E-state index contributed by atoms with van der Waals surface area (Å²) >= 11 is 2.62. The molecule has 0 aliphatic heterocycles. The lowest BCUT2D eigenvalue weighted by Crippen LogP contribution is -2.16. The number of hydrogen-bond donors (Lipinski definition) is 0. The van der Waals surface area contributed by atoms with Crippen molar-refractivity contribution >= 4 is 22.6 Å². The zero-order valence-electron chi connectivity index (χ0n) is 6.78. The molecular formula is C9H17I. The Morgan fingerprint density at radius 1 is 1.30 bits per heavy atom. The largest absolute Gasteiger partial charge is 0.0823 e. The van der Waals surface area contributed by atoms with Crippen LogP contribution in [0.25, 0.3) is 0 Å². The van der Waals surface area contributed by atoms with Gasteiger partial charge in [0, 0.05) is 3.92 Å². The van der Waals surface area contributed by atoms with E-state index in [9.17, 15) is 0 Å². The van der Waals surface area contributed by atoms with Gasteiger partial charge in [-0.05, 0) is 25.2 Å². The van der Waals surface area contributed by atoms with Crippen LogP contribution < -0.4 is 0 Å². The quantitative estimate of drug-likeness (QED) is 0.518. The lowest BCUT2D eigenvalue weighted by Gasteiger charge is -2.25. The molecule has 1 rings (SSSR count). The Morgan fingerprint density at radius 2 is 1.90 bits per heavy atom. The van der Waals surface area contributed by atoms with Gasteiger partial charge in [-0.25, -0.2) is 0 Å². The first-order chi connectivity index (χ1) is 4.84. The van der Waals surface area contributed by atoms with Gasteiger partial charge in [0.05, 0.1) is 0 Å². The lowest BCUT2D eigenvalue weighted by atomic mass is 9.86. The van der Waals surface area contributed by atoms with Gasteiger partial charge in [0.2, 0.25) is 0 Å². The minimum atomic E-state index is 0.956. The molecule has 0 amide bonds. The Kier molecular flexibility index (Phi) is 4.04. The van der Waals surface area contributed by atoms with Crippen LogP contribution in [0.15, 0.2) is 0 Å². The van der Waals surface area contributed by atoms with Gasteiger partial charge in [0.15, 0.2) is 0 Å². The van der Waals surface area contributed by atoms with Crippen LogP contribution in [0.4, 0.5) is 0 Å². The second kappa shape index (κ2) is 4.58. The zero-order valence-corrected chi connectivity index (χ0v) is 8.93. The summed E-state index contributed by atoms with van der Waals surface area (Å²) in [6.45, 7) is 2.31. The molecule has 0 bridgehead atoms. The summed E-state index contributed by atoms with van der Waals surface area (Å²) in [4.78, 5) is 0. The summed E-state index contributed by atoms with van der Waals surface area (Å²) in [5.74, 6) is 1.05. The molecule has 0 heterocycles. The van der Waals surface area contributed by atoms with Crippen LogP contribution in [0.1, 0.15) is 45.4 Å². The summed E-state index contributed by atoms with van der Waals surface area (Å²) in [5, 5.41) is 0. The molecule has 60 valence electrons. The van der Waals surface area contributed by atoms with Gasteiger partial charge in [0.25, 0.3) is 0 Å². The van der Waals surface area contributed by atoms with E-state index in [1.54, 1.807) is 0 Å². The van der Waals surface area contributed by atoms with Crippen LogP contribution in [0.2, 0.25) is 0 Å². The van der Waals surface area contributed by atoms with Crippen molar-refractivity contribution in [3.63, 3.8) is 0 Å². The number of hydrogen-bond acceptors (Lipinski definition) is 0. The SMILES string of the molecule is CCC(I)C1CCCCC1. The maximum absolute atomic E-state index is 2.62. The normalized spacial score (nSPS) is 24.6. The number of halogens is 1. The monoisotopic (exact) mass is 252 g/mol. The second-order valence-electron chi connectivity index (χ2n) is 3.32. The molecule has 0 spiro atoms. The molecule has 1 atom stereocenters. The number of rotatable bonds is 2. The lowest BCUT2D eigenvalue weighted by molar-refractivity contribution is 0.352. The van der Waals surface area contributed by atoms with Crippen molar-refractivity contribution < 1.29 is 0 Å². The molecule has 0 aromatic carbocycles. The van der Waals surface area contributed by atoms with E-state index in [0.717, 1.165) is 9.84 Å². The molecule has 0 N–H and O–H groups in total. The van der Waals surface area contributed by atoms with Gasteiger partial charge in [-0.1, -0.05) is 48.8 Å². The Hall–Kier alpha value is 0.730. The van der Waals surface area contributed by atoms with E-state index in [4.69, 9.17) is 0 Å². The molecular weight excluding hydrogens is 235 g/mol. The molecule has 1 unspecified atom stereocenters. The Labute approximate surface area is 77.9 Å². The summed E-state index contributed by atoms with van der Waals surface area (Å²) < 4.78 is 0.956. The first-order valence-corrected chi connectivity index (χ1v) is 5.73. The predicted octanol–water partition coefficient (Wildman–Crippen LogP) is 3.78. The zero-order chi connectivity index (χ0) is 7.40. The highest BCUT2D eigenvalue weighted by Crippen LogP contribution is 2.31. The molecule has 10 heavy (non-hydrogen) atoms. The molecule has 0 aromatic heterocycles. The van der Waals surface area contributed by atoms with Crippen LogP contribution >= 0.6 is 22.6 Å². The maximum atomic E-state index is 2.62. The highest BCUT2D eigenvalue weighted by Gasteiger charge is 2.19. The van der Waals surface area contributed by atoms with Gasteiger partial charge in [-0.3, -0.25) is 0 Å². The second-order valence-corrected chi connectivity index (χ2v) is 4.92. The van der Waals surface area contributed by atoms with Crippen molar-refractivity contribution in [3.8, 4) is 0 Å². The highest BCUT2D eigenvalue weighted by molar-refractivity contribution is 14.1. The molecule has 0 saturated heterocycles. The third-order valence-corrected chi connectivity index (χ3v) is 4.45. The fourth-order valence-electron chi connectivity index (χ4n) is 1.83.